The molecule has 1 aromatic heterocycles. The molecule has 0 saturated heterocycles. The van der Waals surface area contributed by atoms with Gasteiger partial charge >= 0.3 is 0 Å². The van der Waals surface area contributed by atoms with Crippen molar-refractivity contribution in [2.45, 2.75) is 6.61 Å². The zero-order valence-electron chi connectivity index (χ0n) is 12.9. The van der Waals surface area contributed by atoms with E-state index >= 15 is 0 Å². The molecule has 3 aromatic rings. The maximum atomic E-state index is 11.8. The molecule has 0 aliphatic heterocycles. The zero-order valence-corrected chi connectivity index (χ0v) is 12.9. The average molecular weight is 323 g/mol. The lowest BCUT2D eigenvalue weighted by Crippen LogP contribution is -2.20. The highest BCUT2D eigenvalue weighted by Gasteiger charge is 2.08. The van der Waals surface area contributed by atoms with Crippen LogP contribution in [0.3, 0.4) is 0 Å². The number of aromatic nitrogens is 2. The monoisotopic (exact) mass is 323 g/mol. The van der Waals surface area contributed by atoms with Crippen molar-refractivity contribution in [2.24, 2.45) is 0 Å². The number of carbonyl (C=O) groups is 1. The molecule has 0 fully saturated rings. The summed E-state index contributed by atoms with van der Waals surface area (Å²) in [6, 6.07) is 18.8. The van der Waals surface area contributed by atoms with Crippen molar-refractivity contribution in [1.82, 2.24) is 10.2 Å². The second-order valence-corrected chi connectivity index (χ2v) is 5.03. The molecule has 2 N–H and O–H groups in total. The largest absolute Gasteiger partial charge is 0.485 e. The second kappa shape index (κ2) is 7.82. The van der Waals surface area contributed by atoms with Gasteiger partial charge in [0.15, 0.2) is 18.1 Å². The summed E-state index contributed by atoms with van der Waals surface area (Å²) < 4.78 is 11.4. The first-order valence-electron chi connectivity index (χ1n) is 7.49. The lowest BCUT2D eigenvalue weighted by molar-refractivity contribution is -0.118. The number of hydrogen-bond acceptors (Lipinski definition) is 4. The third-order valence-electron chi connectivity index (χ3n) is 3.22. The standard InChI is InChI=1S/C18H17N3O3/c22-18(20-17-10-11-19-21-17)13-24-16-9-5-4-8-15(16)23-12-14-6-2-1-3-7-14/h1-11H,12-13H2,(H2,19,20,21,22). The normalized spacial score (nSPS) is 10.2. The van der Waals surface area contributed by atoms with Gasteiger partial charge in [0.1, 0.15) is 12.4 Å². The minimum absolute atomic E-state index is 0.120. The Morgan fingerprint density at radius 1 is 0.958 bits per heavy atom. The first kappa shape index (κ1) is 15.6. The van der Waals surface area contributed by atoms with Crippen LogP contribution in [-0.4, -0.2) is 22.7 Å². The molecule has 0 bridgehead atoms. The molecule has 2 aromatic carbocycles. The Kier molecular flexibility index (Phi) is 5.09. The smallest absolute Gasteiger partial charge is 0.263 e. The molecule has 3 rings (SSSR count). The van der Waals surface area contributed by atoms with Crippen molar-refractivity contribution in [3.63, 3.8) is 0 Å². The number of carbonyl (C=O) groups excluding carboxylic acids is 1. The van der Waals surface area contributed by atoms with E-state index in [1.54, 1.807) is 18.3 Å². The van der Waals surface area contributed by atoms with Crippen molar-refractivity contribution in [3.05, 3.63) is 72.4 Å². The summed E-state index contributed by atoms with van der Waals surface area (Å²) in [7, 11) is 0. The van der Waals surface area contributed by atoms with E-state index in [0.717, 1.165) is 5.56 Å². The third-order valence-corrected chi connectivity index (χ3v) is 3.22. The van der Waals surface area contributed by atoms with Crippen LogP contribution in [0.25, 0.3) is 0 Å². The Bertz CT molecular complexity index is 773. The molecule has 1 amide bonds. The lowest BCUT2D eigenvalue weighted by atomic mass is 10.2. The molecule has 0 radical (unpaired) electrons. The van der Waals surface area contributed by atoms with E-state index in [4.69, 9.17) is 9.47 Å². The van der Waals surface area contributed by atoms with Crippen LogP contribution >= 0.6 is 0 Å². The number of rotatable bonds is 7. The Labute approximate surface area is 139 Å². The van der Waals surface area contributed by atoms with Crippen molar-refractivity contribution in [1.29, 1.82) is 0 Å². The number of nitrogens with one attached hydrogen (secondary N) is 2. The topological polar surface area (TPSA) is 76.2 Å². The SMILES string of the molecule is O=C(COc1ccccc1OCc1ccccc1)Nc1ccn[nH]1. The van der Waals surface area contributed by atoms with Crippen LogP contribution < -0.4 is 14.8 Å². The van der Waals surface area contributed by atoms with Crippen LogP contribution in [-0.2, 0) is 11.4 Å². The van der Waals surface area contributed by atoms with Crippen molar-refractivity contribution >= 4 is 11.7 Å². The van der Waals surface area contributed by atoms with Crippen molar-refractivity contribution in [3.8, 4) is 11.5 Å². The van der Waals surface area contributed by atoms with Crippen LogP contribution in [0.2, 0.25) is 0 Å². The summed E-state index contributed by atoms with van der Waals surface area (Å²) >= 11 is 0. The fraction of sp³-hybridized carbons (Fsp3) is 0.111. The highest BCUT2D eigenvalue weighted by Crippen LogP contribution is 2.27. The van der Waals surface area contributed by atoms with E-state index < -0.39 is 0 Å². The molecule has 24 heavy (non-hydrogen) atoms. The number of hydrogen-bond donors (Lipinski definition) is 2. The summed E-state index contributed by atoms with van der Waals surface area (Å²) in [5.74, 6) is 1.36. The van der Waals surface area contributed by atoms with Gasteiger partial charge < -0.3 is 14.8 Å². The van der Waals surface area contributed by atoms with Gasteiger partial charge in [-0.1, -0.05) is 42.5 Å². The molecule has 6 heteroatoms. The molecule has 0 aliphatic rings. The van der Waals surface area contributed by atoms with Crippen molar-refractivity contribution in [2.75, 3.05) is 11.9 Å². The quantitative estimate of drug-likeness (QED) is 0.701. The zero-order chi connectivity index (χ0) is 16.6. The van der Waals surface area contributed by atoms with E-state index in [9.17, 15) is 4.79 Å². The van der Waals surface area contributed by atoms with E-state index in [2.05, 4.69) is 15.5 Å². The van der Waals surface area contributed by atoms with Crippen LogP contribution in [0.5, 0.6) is 11.5 Å². The first-order chi connectivity index (χ1) is 11.8. The number of nitrogens with zero attached hydrogens (tertiary/aromatic N) is 1. The predicted octanol–water partition coefficient (Wildman–Crippen LogP) is 3.01. The molecular weight excluding hydrogens is 306 g/mol. The lowest BCUT2D eigenvalue weighted by Gasteiger charge is -2.12. The molecule has 6 nitrogen and oxygen atoms in total. The van der Waals surface area contributed by atoms with Gasteiger partial charge in [-0.3, -0.25) is 9.89 Å². The Hall–Kier alpha value is -3.28. The summed E-state index contributed by atoms with van der Waals surface area (Å²) in [5, 5.41) is 9.06. The van der Waals surface area contributed by atoms with Gasteiger partial charge in [0, 0.05) is 6.07 Å². The molecule has 0 aliphatic carbocycles. The molecule has 0 spiro atoms. The van der Waals surface area contributed by atoms with Gasteiger partial charge in [0.05, 0.1) is 6.20 Å². The molecule has 1 heterocycles. The summed E-state index contributed by atoms with van der Waals surface area (Å²) in [6.07, 6.45) is 1.56. The van der Waals surface area contributed by atoms with Gasteiger partial charge in [0.25, 0.3) is 5.91 Å². The number of anilines is 1. The average Bonchev–Trinajstić information content (AvgIpc) is 3.13. The Balaban J connectivity index is 1.56. The Morgan fingerprint density at radius 3 is 2.38 bits per heavy atom. The molecule has 122 valence electrons. The fourth-order valence-electron chi connectivity index (χ4n) is 2.08. The van der Waals surface area contributed by atoms with E-state index in [1.807, 2.05) is 48.5 Å². The highest BCUT2D eigenvalue weighted by molar-refractivity contribution is 5.90. The first-order valence-corrected chi connectivity index (χ1v) is 7.49. The summed E-state index contributed by atoms with van der Waals surface area (Å²) in [5.41, 5.74) is 1.06. The number of amides is 1. The maximum absolute atomic E-state index is 11.8. The Morgan fingerprint density at radius 2 is 1.67 bits per heavy atom. The third kappa shape index (κ3) is 4.36. The van der Waals surface area contributed by atoms with Gasteiger partial charge in [-0.25, -0.2) is 0 Å². The van der Waals surface area contributed by atoms with Crippen LogP contribution in [0.4, 0.5) is 5.82 Å². The van der Waals surface area contributed by atoms with Gasteiger partial charge in [-0.15, -0.1) is 0 Å². The molecule has 0 atom stereocenters. The molecule has 0 saturated carbocycles. The van der Waals surface area contributed by atoms with Gasteiger partial charge in [-0.05, 0) is 17.7 Å². The van der Waals surface area contributed by atoms with E-state index in [-0.39, 0.29) is 12.5 Å². The number of para-hydroxylation sites is 2. The molecule has 0 unspecified atom stereocenters. The van der Waals surface area contributed by atoms with Crippen molar-refractivity contribution < 1.29 is 14.3 Å². The van der Waals surface area contributed by atoms with Crippen LogP contribution in [0.1, 0.15) is 5.56 Å². The number of benzene rings is 2. The van der Waals surface area contributed by atoms with Gasteiger partial charge in [-0.2, -0.15) is 5.10 Å². The summed E-state index contributed by atoms with van der Waals surface area (Å²) in [4.78, 5) is 11.8. The van der Waals surface area contributed by atoms with E-state index in [1.165, 1.54) is 0 Å². The fourth-order valence-corrected chi connectivity index (χ4v) is 2.08. The minimum Gasteiger partial charge on any atom is -0.485 e. The van der Waals surface area contributed by atoms with Gasteiger partial charge in [0.2, 0.25) is 0 Å². The number of H-pyrrole nitrogens is 1. The van der Waals surface area contributed by atoms with Crippen LogP contribution in [0.15, 0.2) is 66.9 Å². The highest BCUT2D eigenvalue weighted by atomic mass is 16.5. The number of aromatic amines is 1. The molecular formula is C18H17N3O3. The predicted molar refractivity (Wildman–Crippen MR) is 89.9 cm³/mol. The maximum Gasteiger partial charge on any atom is 0.263 e. The minimum atomic E-state index is -0.280. The van der Waals surface area contributed by atoms with Crippen LogP contribution in [0, 0.1) is 0 Å². The number of ether oxygens (including phenoxy) is 2. The second-order valence-electron chi connectivity index (χ2n) is 5.03. The summed E-state index contributed by atoms with van der Waals surface area (Å²) in [6.45, 7) is 0.312. The van der Waals surface area contributed by atoms with E-state index in [0.29, 0.717) is 23.9 Å².